The lowest BCUT2D eigenvalue weighted by atomic mass is 10.2. The molecular formula is C14H15NO4. The number of hydrogen-bond acceptors (Lipinski definition) is 4. The third-order valence-corrected chi connectivity index (χ3v) is 2.92. The molecule has 1 aliphatic rings. The highest BCUT2D eigenvalue weighted by Crippen LogP contribution is 2.37. The summed E-state index contributed by atoms with van der Waals surface area (Å²) < 4.78 is 10.9. The number of nitriles is 1. The summed E-state index contributed by atoms with van der Waals surface area (Å²) in [5.74, 6) is -0.106. The molecule has 5 heteroatoms. The first-order chi connectivity index (χ1) is 9.15. The van der Waals surface area contributed by atoms with Crippen LogP contribution in [0.15, 0.2) is 18.2 Å². The average molecular weight is 261 g/mol. The molecule has 0 amide bonds. The van der Waals surface area contributed by atoms with Gasteiger partial charge in [0.15, 0.2) is 17.6 Å². The third-order valence-electron chi connectivity index (χ3n) is 2.92. The molecule has 0 heterocycles. The van der Waals surface area contributed by atoms with Crippen molar-refractivity contribution in [2.24, 2.45) is 5.92 Å². The fraction of sp³-hybridized carbons (Fsp3) is 0.429. The van der Waals surface area contributed by atoms with Crippen LogP contribution in [0.2, 0.25) is 0 Å². The van der Waals surface area contributed by atoms with E-state index >= 15 is 0 Å². The molecule has 1 atom stereocenters. The highest BCUT2D eigenvalue weighted by molar-refractivity contribution is 5.74. The first-order valence-electron chi connectivity index (χ1n) is 6.22. The predicted molar refractivity (Wildman–Crippen MR) is 67.1 cm³/mol. The van der Waals surface area contributed by atoms with Crippen molar-refractivity contribution in [3.05, 3.63) is 23.8 Å². The van der Waals surface area contributed by atoms with Crippen LogP contribution in [0.1, 0.15) is 25.3 Å². The van der Waals surface area contributed by atoms with Crippen LogP contribution in [0.3, 0.4) is 0 Å². The van der Waals surface area contributed by atoms with E-state index in [0.717, 1.165) is 12.8 Å². The number of nitrogens with zero attached hydrogens (tertiary/aromatic N) is 1. The number of carbonyl (C=O) groups is 1. The van der Waals surface area contributed by atoms with Gasteiger partial charge in [0.05, 0.1) is 18.2 Å². The van der Waals surface area contributed by atoms with E-state index in [-0.39, 0.29) is 5.92 Å². The van der Waals surface area contributed by atoms with Gasteiger partial charge in [-0.15, -0.1) is 0 Å². The summed E-state index contributed by atoms with van der Waals surface area (Å²) in [6, 6.07) is 6.74. The lowest BCUT2D eigenvalue weighted by molar-refractivity contribution is -0.146. The zero-order valence-corrected chi connectivity index (χ0v) is 10.6. The van der Waals surface area contributed by atoms with Crippen molar-refractivity contribution in [1.82, 2.24) is 0 Å². The summed E-state index contributed by atoms with van der Waals surface area (Å²) in [7, 11) is 0. The molecule has 19 heavy (non-hydrogen) atoms. The SMILES string of the molecule is CCOc1cc(C#N)ccc1OC(C(=O)O)C1CC1. The maximum atomic E-state index is 11.2. The zero-order chi connectivity index (χ0) is 13.8. The van der Waals surface area contributed by atoms with E-state index in [1.807, 2.05) is 13.0 Å². The molecule has 1 aromatic rings. The molecular weight excluding hydrogens is 246 g/mol. The van der Waals surface area contributed by atoms with Gasteiger partial charge in [-0.2, -0.15) is 5.26 Å². The summed E-state index contributed by atoms with van der Waals surface area (Å²) in [5.41, 5.74) is 0.453. The minimum Gasteiger partial charge on any atom is -0.490 e. The van der Waals surface area contributed by atoms with Gasteiger partial charge < -0.3 is 14.6 Å². The van der Waals surface area contributed by atoms with E-state index < -0.39 is 12.1 Å². The number of carboxylic acids is 1. The van der Waals surface area contributed by atoms with Gasteiger partial charge in [-0.3, -0.25) is 0 Å². The molecule has 1 aromatic carbocycles. The summed E-state index contributed by atoms with van der Waals surface area (Å²) in [6.07, 6.45) is 0.904. The van der Waals surface area contributed by atoms with E-state index in [2.05, 4.69) is 0 Å². The molecule has 0 radical (unpaired) electrons. The van der Waals surface area contributed by atoms with Crippen LogP contribution in [0.5, 0.6) is 11.5 Å². The van der Waals surface area contributed by atoms with E-state index in [4.69, 9.17) is 19.8 Å². The fourth-order valence-electron chi connectivity index (χ4n) is 1.83. The van der Waals surface area contributed by atoms with Crippen LogP contribution >= 0.6 is 0 Å². The second kappa shape index (κ2) is 5.61. The topological polar surface area (TPSA) is 79.5 Å². The molecule has 1 aliphatic carbocycles. The average Bonchev–Trinajstić information content (AvgIpc) is 3.21. The first kappa shape index (κ1) is 13.2. The lowest BCUT2D eigenvalue weighted by Gasteiger charge is -2.17. The highest BCUT2D eigenvalue weighted by atomic mass is 16.5. The Morgan fingerprint density at radius 2 is 2.26 bits per heavy atom. The van der Waals surface area contributed by atoms with Gasteiger partial charge in [-0.1, -0.05) is 0 Å². The van der Waals surface area contributed by atoms with Gasteiger partial charge >= 0.3 is 5.97 Å². The van der Waals surface area contributed by atoms with E-state index in [1.54, 1.807) is 18.2 Å². The van der Waals surface area contributed by atoms with Crippen LogP contribution in [-0.2, 0) is 4.79 Å². The molecule has 1 unspecified atom stereocenters. The molecule has 100 valence electrons. The quantitative estimate of drug-likeness (QED) is 0.849. The molecule has 1 N–H and O–H groups in total. The van der Waals surface area contributed by atoms with Crippen molar-refractivity contribution in [3.63, 3.8) is 0 Å². The second-order valence-electron chi connectivity index (χ2n) is 4.42. The maximum Gasteiger partial charge on any atom is 0.345 e. The Morgan fingerprint density at radius 3 is 2.79 bits per heavy atom. The smallest absolute Gasteiger partial charge is 0.345 e. The van der Waals surface area contributed by atoms with E-state index in [1.165, 1.54) is 0 Å². The largest absolute Gasteiger partial charge is 0.490 e. The van der Waals surface area contributed by atoms with Crippen molar-refractivity contribution in [2.45, 2.75) is 25.9 Å². The van der Waals surface area contributed by atoms with Crippen LogP contribution in [0.4, 0.5) is 0 Å². The van der Waals surface area contributed by atoms with Crippen molar-refractivity contribution in [1.29, 1.82) is 5.26 Å². The molecule has 5 nitrogen and oxygen atoms in total. The van der Waals surface area contributed by atoms with Gasteiger partial charge in [0, 0.05) is 12.0 Å². The van der Waals surface area contributed by atoms with Gasteiger partial charge in [0.25, 0.3) is 0 Å². The molecule has 1 fully saturated rings. The number of ether oxygens (including phenoxy) is 2. The van der Waals surface area contributed by atoms with Crippen molar-refractivity contribution in [3.8, 4) is 17.6 Å². The fourth-order valence-corrected chi connectivity index (χ4v) is 1.83. The van der Waals surface area contributed by atoms with Crippen LogP contribution in [0.25, 0.3) is 0 Å². The second-order valence-corrected chi connectivity index (χ2v) is 4.42. The minimum absolute atomic E-state index is 0.0719. The zero-order valence-electron chi connectivity index (χ0n) is 10.6. The van der Waals surface area contributed by atoms with Crippen LogP contribution < -0.4 is 9.47 Å². The Kier molecular flexibility index (Phi) is 3.91. The van der Waals surface area contributed by atoms with Crippen LogP contribution in [-0.4, -0.2) is 23.8 Å². The third kappa shape index (κ3) is 3.16. The Labute approximate surface area is 111 Å². The van der Waals surface area contributed by atoms with E-state index in [0.29, 0.717) is 23.7 Å². The summed E-state index contributed by atoms with van der Waals surface area (Å²) in [5, 5.41) is 18.0. The first-order valence-corrected chi connectivity index (χ1v) is 6.22. The van der Waals surface area contributed by atoms with Gasteiger partial charge in [-0.25, -0.2) is 4.79 Å². The normalized spacial score (nSPS) is 15.4. The number of benzene rings is 1. The molecule has 1 saturated carbocycles. The standard InChI is InChI=1S/C14H15NO4/c1-2-18-12-7-9(8-15)3-6-11(12)19-13(14(16)17)10-4-5-10/h3,6-7,10,13H,2,4-5H2,1H3,(H,16,17). The van der Waals surface area contributed by atoms with Gasteiger partial charge in [-0.05, 0) is 31.9 Å². The molecule has 2 rings (SSSR count). The number of rotatable bonds is 6. The Morgan fingerprint density at radius 1 is 1.53 bits per heavy atom. The number of carboxylic acid groups (broad SMARTS) is 1. The van der Waals surface area contributed by atoms with Gasteiger partial charge in [0.2, 0.25) is 0 Å². The lowest BCUT2D eigenvalue weighted by Crippen LogP contribution is -2.29. The molecule has 0 aliphatic heterocycles. The number of aliphatic carboxylic acids is 1. The Balaban J connectivity index is 2.22. The molecule has 0 spiro atoms. The van der Waals surface area contributed by atoms with Gasteiger partial charge in [0.1, 0.15) is 0 Å². The summed E-state index contributed by atoms with van der Waals surface area (Å²) in [6.45, 7) is 2.24. The molecule has 0 aromatic heterocycles. The summed E-state index contributed by atoms with van der Waals surface area (Å²) in [4.78, 5) is 11.2. The Bertz CT molecular complexity index is 517. The summed E-state index contributed by atoms with van der Waals surface area (Å²) >= 11 is 0. The monoisotopic (exact) mass is 261 g/mol. The minimum atomic E-state index is -0.964. The van der Waals surface area contributed by atoms with Crippen molar-refractivity contribution >= 4 is 5.97 Å². The van der Waals surface area contributed by atoms with Crippen molar-refractivity contribution in [2.75, 3.05) is 6.61 Å². The molecule has 0 saturated heterocycles. The molecule has 0 bridgehead atoms. The predicted octanol–water partition coefficient (Wildman–Crippen LogP) is 2.20. The maximum absolute atomic E-state index is 11.2. The van der Waals surface area contributed by atoms with E-state index in [9.17, 15) is 4.79 Å². The Hall–Kier alpha value is -2.22. The number of hydrogen-bond donors (Lipinski definition) is 1. The highest BCUT2D eigenvalue weighted by Gasteiger charge is 2.38. The van der Waals surface area contributed by atoms with Crippen LogP contribution in [0, 0.1) is 17.2 Å². The van der Waals surface area contributed by atoms with Crippen molar-refractivity contribution < 1.29 is 19.4 Å².